The summed E-state index contributed by atoms with van der Waals surface area (Å²) in [6.45, 7) is 3.39. The van der Waals surface area contributed by atoms with Gasteiger partial charge in [0, 0.05) is 12.6 Å². The molecule has 0 saturated heterocycles. The van der Waals surface area contributed by atoms with Gasteiger partial charge >= 0.3 is 0 Å². The molecule has 0 aromatic heterocycles. The Bertz CT molecular complexity index is 276. The second kappa shape index (κ2) is 5.73. The molecule has 1 atom stereocenters. The maximum atomic E-state index is 13.1. The zero-order valence-corrected chi connectivity index (χ0v) is 8.46. The lowest BCUT2D eigenvalue weighted by atomic mass is 10.1. The minimum absolute atomic E-state index is 0.130. The van der Waals surface area contributed by atoms with Gasteiger partial charge in [-0.25, -0.2) is 4.39 Å². The molecule has 2 nitrogen and oxygen atoms in total. The van der Waals surface area contributed by atoms with Gasteiger partial charge in [0.05, 0.1) is 0 Å². The number of halogens is 1. The Balaban J connectivity index is 2.35. The van der Waals surface area contributed by atoms with Crippen molar-refractivity contribution in [2.45, 2.75) is 19.4 Å². The van der Waals surface area contributed by atoms with Crippen molar-refractivity contribution in [2.75, 3.05) is 13.1 Å². The predicted octanol–water partition coefficient (Wildman–Crippen LogP) is 1.30. The molecule has 0 unspecified atom stereocenters. The molecule has 0 heterocycles. The third kappa shape index (κ3) is 3.44. The van der Waals surface area contributed by atoms with Gasteiger partial charge in [-0.1, -0.05) is 18.2 Å². The lowest BCUT2D eigenvalue weighted by molar-refractivity contribution is 0.547. The predicted molar refractivity (Wildman–Crippen MR) is 56.6 cm³/mol. The second-order valence-electron chi connectivity index (χ2n) is 3.43. The molecule has 0 radical (unpaired) electrons. The van der Waals surface area contributed by atoms with Crippen LogP contribution in [0.4, 0.5) is 4.39 Å². The van der Waals surface area contributed by atoms with Gasteiger partial charge in [-0.3, -0.25) is 0 Å². The Morgan fingerprint density at radius 3 is 2.79 bits per heavy atom. The van der Waals surface area contributed by atoms with Crippen LogP contribution in [0.15, 0.2) is 24.3 Å². The summed E-state index contributed by atoms with van der Waals surface area (Å²) >= 11 is 0. The van der Waals surface area contributed by atoms with Crippen LogP contribution in [0.5, 0.6) is 0 Å². The number of benzene rings is 1. The zero-order valence-electron chi connectivity index (χ0n) is 8.46. The van der Waals surface area contributed by atoms with Crippen molar-refractivity contribution in [3.05, 3.63) is 35.6 Å². The summed E-state index contributed by atoms with van der Waals surface area (Å²) in [7, 11) is 0. The van der Waals surface area contributed by atoms with Crippen LogP contribution in [0.2, 0.25) is 0 Å². The third-order valence-corrected chi connectivity index (χ3v) is 2.20. The van der Waals surface area contributed by atoms with Crippen molar-refractivity contribution in [3.63, 3.8) is 0 Å². The molecule has 3 heteroatoms. The van der Waals surface area contributed by atoms with Gasteiger partial charge in [-0.2, -0.15) is 0 Å². The Morgan fingerprint density at radius 1 is 1.43 bits per heavy atom. The second-order valence-corrected chi connectivity index (χ2v) is 3.43. The van der Waals surface area contributed by atoms with Crippen LogP contribution in [0.1, 0.15) is 12.5 Å². The molecule has 0 aliphatic rings. The van der Waals surface area contributed by atoms with Gasteiger partial charge in [0.1, 0.15) is 5.82 Å². The number of nitrogens with two attached hydrogens (primary N) is 1. The Hall–Kier alpha value is -0.930. The molecule has 3 N–H and O–H groups in total. The summed E-state index contributed by atoms with van der Waals surface area (Å²) in [4.78, 5) is 0. The van der Waals surface area contributed by atoms with E-state index in [4.69, 9.17) is 5.73 Å². The van der Waals surface area contributed by atoms with E-state index in [0.29, 0.717) is 19.0 Å². The summed E-state index contributed by atoms with van der Waals surface area (Å²) in [6.07, 6.45) is 0.705. The van der Waals surface area contributed by atoms with E-state index in [1.54, 1.807) is 6.07 Å². The van der Waals surface area contributed by atoms with Crippen LogP contribution in [0, 0.1) is 5.82 Å². The number of nitrogens with one attached hydrogen (secondary N) is 1. The number of rotatable bonds is 5. The minimum atomic E-state index is -0.130. The summed E-state index contributed by atoms with van der Waals surface area (Å²) in [5.74, 6) is -0.130. The SMILES string of the molecule is C[C@H](CN)NCCc1ccccc1F. The van der Waals surface area contributed by atoms with Crippen LogP contribution in [0.3, 0.4) is 0 Å². The topological polar surface area (TPSA) is 38.0 Å². The first kappa shape index (κ1) is 11.1. The monoisotopic (exact) mass is 196 g/mol. The molecular formula is C11H17FN2. The fourth-order valence-electron chi connectivity index (χ4n) is 1.24. The molecule has 1 aromatic carbocycles. The molecule has 1 aromatic rings. The first-order chi connectivity index (χ1) is 6.74. The van der Waals surface area contributed by atoms with Crippen molar-refractivity contribution in [1.29, 1.82) is 0 Å². The molecule has 14 heavy (non-hydrogen) atoms. The van der Waals surface area contributed by atoms with Crippen molar-refractivity contribution in [2.24, 2.45) is 5.73 Å². The van der Waals surface area contributed by atoms with Gasteiger partial charge in [0.25, 0.3) is 0 Å². The smallest absolute Gasteiger partial charge is 0.126 e. The van der Waals surface area contributed by atoms with Crippen molar-refractivity contribution < 1.29 is 4.39 Å². The van der Waals surface area contributed by atoms with Crippen molar-refractivity contribution in [1.82, 2.24) is 5.32 Å². The van der Waals surface area contributed by atoms with Crippen LogP contribution in [-0.4, -0.2) is 19.1 Å². The summed E-state index contributed by atoms with van der Waals surface area (Å²) in [6, 6.07) is 7.15. The van der Waals surface area contributed by atoms with E-state index < -0.39 is 0 Å². The normalized spacial score (nSPS) is 12.8. The molecule has 78 valence electrons. The highest BCUT2D eigenvalue weighted by atomic mass is 19.1. The quantitative estimate of drug-likeness (QED) is 0.745. The van der Waals surface area contributed by atoms with E-state index in [2.05, 4.69) is 5.32 Å². The maximum absolute atomic E-state index is 13.1. The number of hydrogen-bond acceptors (Lipinski definition) is 2. The van der Waals surface area contributed by atoms with Gasteiger partial charge in [-0.15, -0.1) is 0 Å². The van der Waals surface area contributed by atoms with Crippen LogP contribution < -0.4 is 11.1 Å². The fraction of sp³-hybridized carbons (Fsp3) is 0.455. The molecule has 1 rings (SSSR count). The van der Waals surface area contributed by atoms with Crippen LogP contribution in [-0.2, 0) is 6.42 Å². The minimum Gasteiger partial charge on any atom is -0.329 e. The third-order valence-electron chi connectivity index (χ3n) is 2.20. The Labute approximate surface area is 84.3 Å². The maximum Gasteiger partial charge on any atom is 0.126 e. The largest absolute Gasteiger partial charge is 0.329 e. The van der Waals surface area contributed by atoms with Gasteiger partial charge in [0.15, 0.2) is 0 Å². The zero-order chi connectivity index (χ0) is 10.4. The highest BCUT2D eigenvalue weighted by Gasteiger charge is 2.01. The number of hydrogen-bond donors (Lipinski definition) is 2. The van der Waals surface area contributed by atoms with E-state index in [-0.39, 0.29) is 5.82 Å². The molecule has 0 aliphatic heterocycles. The molecule has 0 amide bonds. The van der Waals surface area contributed by atoms with Crippen molar-refractivity contribution >= 4 is 0 Å². The van der Waals surface area contributed by atoms with E-state index in [1.807, 2.05) is 19.1 Å². The Kier molecular flexibility index (Phi) is 4.56. The molecule has 0 aliphatic carbocycles. The van der Waals surface area contributed by atoms with Crippen LogP contribution >= 0.6 is 0 Å². The lowest BCUT2D eigenvalue weighted by Gasteiger charge is -2.10. The standard InChI is InChI=1S/C11H17FN2/c1-9(8-13)14-7-6-10-4-2-3-5-11(10)12/h2-5,9,14H,6-8,13H2,1H3/t9-/m1/s1. The summed E-state index contributed by atoms with van der Waals surface area (Å²) in [5.41, 5.74) is 6.20. The van der Waals surface area contributed by atoms with Crippen LogP contribution in [0.25, 0.3) is 0 Å². The average Bonchev–Trinajstić information content (AvgIpc) is 2.20. The van der Waals surface area contributed by atoms with Crippen molar-refractivity contribution in [3.8, 4) is 0 Å². The molecule has 0 spiro atoms. The average molecular weight is 196 g/mol. The van der Waals surface area contributed by atoms with E-state index >= 15 is 0 Å². The molecule has 0 bridgehead atoms. The Morgan fingerprint density at radius 2 is 2.14 bits per heavy atom. The molecule has 0 fully saturated rings. The van der Waals surface area contributed by atoms with E-state index in [0.717, 1.165) is 12.1 Å². The highest BCUT2D eigenvalue weighted by molar-refractivity contribution is 5.17. The molecule has 0 saturated carbocycles. The lowest BCUT2D eigenvalue weighted by Crippen LogP contribution is -2.34. The highest BCUT2D eigenvalue weighted by Crippen LogP contribution is 2.06. The fourth-order valence-corrected chi connectivity index (χ4v) is 1.24. The first-order valence-corrected chi connectivity index (χ1v) is 4.91. The first-order valence-electron chi connectivity index (χ1n) is 4.91. The summed E-state index contributed by atoms with van der Waals surface area (Å²) in [5, 5.41) is 3.22. The molecular weight excluding hydrogens is 179 g/mol. The van der Waals surface area contributed by atoms with E-state index in [1.165, 1.54) is 6.07 Å². The van der Waals surface area contributed by atoms with E-state index in [9.17, 15) is 4.39 Å². The summed E-state index contributed by atoms with van der Waals surface area (Å²) < 4.78 is 13.1. The van der Waals surface area contributed by atoms with Gasteiger partial charge in [0.2, 0.25) is 0 Å². The van der Waals surface area contributed by atoms with Gasteiger partial charge in [-0.05, 0) is 31.5 Å². The van der Waals surface area contributed by atoms with Gasteiger partial charge < -0.3 is 11.1 Å².